The lowest BCUT2D eigenvalue weighted by atomic mass is 10.1. The number of hydrogen-bond donors (Lipinski definition) is 2. The number of sulfonamides is 1. The van der Waals surface area contributed by atoms with Crippen molar-refractivity contribution in [1.29, 1.82) is 0 Å². The van der Waals surface area contributed by atoms with E-state index in [0.29, 0.717) is 11.0 Å². The molecule has 1 heterocycles. The summed E-state index contributed by atoms with van der Waals surface area (Å²) in [7, 11) is -3.76. The van der Waals surface area contributed by atoms with Gasteiger partial charge in [0.2, 0.25) is 10.0 Å². The van der Waals surface area contributed by atoms with Gasteiger partial charge in [-0.15, -0.1) is 0 Å². The molecule has 2 N–H and O–H groups in total. The van der Waals surface area contributed by atoms with Gasteiger partial charge < -0.3 is 9.73 Å². The highest BCUT2D eigenvalue weighted by Gasteiger charge is 2.22. The van der Waals surface area contributed by atoms with Gasteiger partial charge in [-0.1, -0.05) is 24.3 Å². The number of benzene rings is 2. The fourth-order valence-electron chi connectivity index (χ4n) is 2.62. The number of amides is 1. The molecule has 146 valence electrons. The summed E-state index contributed by atoms with van der Waals surface area (Å²) in [6, 6.07) is 14.1. The molecule has 1 aromatic heterocycles. The SMILES string of the molecule is CC(C)(C)NS(=O)(=O)c1cccc(NC(=O)c2cc3ccccc3oc2=O)c1. The molecule has 0 spiro atoms. The quantitative estimate of drug-likeness (QED) is 0.655. The van der Waals surface area contributed by atoms with Gasteiger partial charge in [-0.2, -0.15) is 0 Å². The first kappa shape index (κ1) is 19.8. The highest BCUT2D eigenvalue weighted by molar-refractivity contribution is 7.89. The molecule has 3 aromatic rings. The molecule has 0 atom stereocenters. The summed E-state index contributed by atoms with van der Waals surface area (Å²) in [4.78, 5) is 24.7. The summed E-state index contributed by atoms with van der Waals surface area (Å²) < 4.78 is 32.6. The monoisotopic (exact) mass is 400 g/mol. The second-order valence-electron chi connectivity index (χ2n) is 7.32. The van der Waals surface area contributed by atoms with Crippen LogP contribution in [0.2, 0.25) is 0 Å². The van der Waals surface area contributed by atoms with Crippen molar-refractivity contribution in [2.24, 2.45) is 0 Å². The number of fused-ring (bicyclic) bond motifs is 1. The molecule has 1 amide bonds. The lowest BCUT2D eigenvalue weighted by Gasteiger charge is -2.20. The maximum atomic E-state index is 12.5. The van der Waals surface area contributed by atoms with Crippen molar-refractivity contribution in [3.63, 3.8) is 0 Å². The lowest BCUT2D eigenvalue weighted by molar-refractivity contribution is 0.102. The molecule has 28 heavy (non-hydrogen) atoms. The Balaban J connectivity index is 1.90. The predicted octanol–water partition coefficient (Wildman–Crippen LogP) is 3.12. The molecular formula is C20H20N2O5S. The Kier molecular flexibility index (Phi) is 5.10. The van der Waals surface area contributed by atoms with Crippen molar-refractivity contribution in [3.8, 4) is 0 Å². The first-order valence-corrected chi connectivity index (χ1v) is 10.0. The van der Waals surface area contributed by atoms with Crippen molar-refractivity contribution in [3.05, 3.63) is 70.6 Å². The molecule has 0 unspecified atom stereocenters. The number of hydrogen-bond acceptors (Lipinski definition) is 5. The van der Waals surface area contributed by atoms with Gasteiger partial charge in [0, 0.05) is 16.6 Å². The first-order valence-electron chi connectivity index (χ1n) is 8.53. The fraction of sp³-hybridized carbons (Fsp3) is 0.200. The maximum absolute atomic E-state index is 12.5. The molecule has 3 rings (SSSR count). The highest BCUT2D eigenvalue weighted by atomic mass is 32.2. The zero-order valence-corrected chi connectivity index (χ0v) is 16.5. The molecular weight excluding hydrogens is 380 g/mol. The Labute approximate surface area is 162 Å². The molecule has 0 aliphatic rings. The van der Waals surface area contributed by atoms with Crippen molar-refractivity contribution in [1.82, 2.24) is 4.72 Å². The number of nitrogens with one attached hydrogen (secondary N) is 2. The number of rotatable bonds is 4. The maximum Gasteiger partial charge on any atom is 0.349 e. The zero-order chi connectivity index (χ0) is 20.5. The lowest BCUT2D eigenvalue weighted by Crippen LogP contribution is -2.40. The fourth-order valence-corrected chi connectivity index (χ4v) is 4.09. The Morgan fingerprint density at radius 3 is 2.43 bits per heavy atom. The molecule has 0 aliphatic carbocycles. The average Bonchev–Trinajstić information content (AvgIpc) is 2.59. The number of carbonyl (C=O) groups excluding carboxylic acids is 1. The molecule has 0 saturated carbocycles. The molecule has 7 nitrogen and oxygen atoms in total. The second kappa shape index (κ2) is 7.21. The van der Waals surface area contributed by atoms with E-state index in [1.807, 2.05) is 0 Å². The van der Waals surface area contributed by atoms with Gasteiger partial charge >= 0.3 is 5.63 Å². The van der Waals surface area contributed by atoms with Crippen LogP contribution in [0.4, 0.5) is 5.69 Å². The number of para-hydroxylation sites is 1. The second-order valence-corrected chi connectivity index (χ2v) is 9.01. The topological polar surface area (TPSA) is 105 Å². The van der Waals surface area contributed by atoms with E-state index in [1.165, 1.54) is 30.3 Å². The van der Waals surface area contributed by atoms with Crippen LogP contribution >= 0.6 is 0 Å². The molecule has 0 saturated heterocycles. The van der Waals surface area contributed by atoms with E-state index in [-0.39, 0.29) is 16.1 Å². The van der Waals surface area contributed by atoms with Gasteiger partial charge in [0.05, 0.1) is 4.90 Å². The standard InChI is InChI=1S/C20H20N2O5S/c1-20(2,3)22-28(25,26)15-9-6-8-14(12-15)21-18(23)16-11-13-7-4-5-10-17(13)27-19(16)24/h4-12,22H,1-3H3,(H,21,23). The van der Waals surface area contributed by atoms with E-state index >= 15 is 0 Å². The van der Waals surface area contributed by atoms with Crippen molar-refractivity contribution in [2.75, 3.05) is 5.32 Å². The molecule has 0 aliphatic heterocycles. The van der Waals surface area contributed by atoms with Crippen LogP contribution in [0.5, 0.6) is 0 Å². The third-order valence-electron chi connectivity index (χ3n) is 3.73. The molecule has 2 aromatic carbocycles. The third kappa shape index (κ3) is 4.47. The van der Waals surface area contributed by atoms with E-state index in [0.717, 1.165) is 0 Å². The van der Waals surface area contributed by atoms with Crippen LogP contribution in [0.1, 0.15) is 31.1 Å². The Hall–Kier alpha value is -2.97. The van der Waals surface area contributed by atoms with Crippen LogP contribution in [-0.4, -0.2) is 19.9 Å². The predicted molar refractivity (Wildman–Crippen MR) is 107 cm³/mol. The molecule has 8 heteroatoms. The smallest absolute Gasteiger partial charge is 0.349 e. The molecule has 0 radical (unpaired) electrons. The number of anilines is 1. The summed E-state index contributed by atoms with van der Waals surface area (Å²) in [5.41, 5.74) is -0.962. The van der Waals surface area contributed by atoms with Crippen LogP contribution in [0.25, 0.3) is 11.0 Å². The van der Waals surface area contributed by atoms with Gasteiger partial charge in [-0.3, -0.25) is 4.79 Å². The van der Waals surface area contributed by atoms with Crippen LogP contribution in [0.3, 0.4) is 0 Å². The summed E-state index contributed by atoms with van der Waals surface area (Å²) in [5.74, 6) is -0.683. The highest BCUT2D eigenvalue weighted by Crippen LogP contribution is 2.19. The van der Waals surface area contributed by atoms with E-state index in [2.05, 4.69) is 10.0 Å². The van der Waals surface area contributed by atoms with E-state index < -0.39 is 27.1 Å². The normalized spacial score (nSPS) is 12.1. The zero-order valence-electron chi connectivity index (χ0n) is 15.6. The van der Waals surface area contributed by atoms with Crippen LogP contribution in [0.15, 0.2) is 68.7 Å². The van der Waals surface area contributed by atoms with Crippen LogP contribution in [-0.2, 0) is 10.0 Å². The summed E-state index contributed by atoms with van der Waals surface area (Å²) in [5, 5.41) is 3.16. The van der Waals surface area contributed by atoms with Gasteiger partial charge in [-0.05, 0) is 51.1 Å². The average molecular weight is 400 g/mol. The minimum absolute atomic E-state index is 0.00534. The first-order chi connectivity index (χ1) is 13.0. The van der Waals surface area contributed by atoms with E-state index in [4.69, 9.17) is 4.42 Å². The van der Waals surface area contributed by atoms with Crippen molar-refractivity contribution >= 4 is 32.6 Å². The van der Waals surface area contributed by atoms with Gasteiger partial charge in [0.15, 0.2) is 0 Å². The molecule has 0 fully saturated rings. The van der Waals surface area contributed by atoms with Crippen molar-refractivity contribution in [2.45, 2.75) is 31.2 Å². The minimum Gasteiger partial charge on any atom is -0.422 e. The Morgan fingerprint density at radius 2 is 1.71 bits per heavy atom. The Bertz CT molecular complexity index is 1210. The molecule has 0 bridgehead atoms. The van der Waals surface area contributed by atoms with Crippen molar-refractivity contribution < 1.29 is 17.6 Å². The van der Waals surface area contributed by atoms with Crippen LogP contribution < -0.4 is 15.7 Å². The summed E-state index contributed by atoms with van der Waals surface area (Å²) >= 11 is 0. The van der Waals surface area contributed by atoms with Gasteiger partial charge in [0.1, 0.15) is 11.1 Å². The Morgan fingerprint density at radius 1 is 1.00 bits per heavy atom. The number of carbonyl (C=O) groups is 1. The van der Waals surface area contributed by atoms with E-state index in [9.17, 15) is 18.0 Å². The third-order valence-corrected chi connectivity index (χ3v) is 5.48. The minimum atomic E-state index is -3.76. The van der Waals surface area contributed by atoms with Gasteiger partial charge in [0.25, 0.3) is 5.91 Å². The summed E-state index contributed by atoms with van der Waals surface area (Å²) in [6.45, 7) is 5.19. The largest absolute Gasteiger partial charge is 0.422 e. The van der Waals surface area contributed by atoms with Gasteiger partial charge in [-0.25, -0.2) is 17.9 Å². The summed E-state index contributed by atoms with van der Waals surface area (Å²) in [6.07, 6.45) is 0. The van der Waals surface area contributed by atoms with E-state index in [1.54, 1.807) is 45.0 Å². The van der Waals surface area contributed by atoms with Crippen LogP contribution in [0, 0.1) is 0 Å².